The number of nitrogens with one attached hydrogen (secondary N) is 1. The van der Waals surface area contributed by atoms with Crippen molar-refractivity contribution in [2.75, 3.05) is 20.2 Å². The van der Waals surface area contributed by atoms with Gasteiger partial charge in [-0.3, -0.25) is 4.79 Å². The van der Waals surface area contributed by atoms with E-state index < -0.39 is 0 Å². The highest BCUT2D eigenvalue weighted by Gasteiger charge is 2.29. The van der Waals surface area contributed by atoms with E-state index in [9.17, 15) is 4.79 Å². The van der Waals surface area contributed by atoms with Gasteiger partial charge in [0.1, 0.15) is 11.5 Å². The van der Waals surface area contributed by atoms with Crippen molar-refractivity contribution >= 4 is 28.4 Å². The third-order valence-electron chi connectivity index (χ3n) is 6.02. The molecule has 1 N–H and O–H groups in total. The maximum absolute atomic E-state index is 13.3. The second-order valence-corrected chi connectivity index (χ2v) is 8.61. The second kappa shape index (κ2) is 8.71. The fourth-order valence-corrected chi connectivity index (χ4v) is 4.59. The predicted molar refractivity (Wildman–Crippen MR) is 123 cm³/mol. The number of halogens is 1. The summed E-state index contributed by atoms with van der Waals surface area (Å²) in [4.78, 5) is 22.9. The van der Waals surface area contributed by atoms with Gasteiger partial charge in [-0.25, -0.2) is 4.98 Å². The minimum atomic E-state index is 0.0138. The molecule has 2 aromatic heterocycles. The van der Waals surface area contributed by atoms with Crippen LogP contribution < -0.4 is 4.74 Å². The third kappa shape index (κ3) is 4.10. The van der Waals surface area contributed by atoms with Crippen LogP contribution in [0.5, 0.6) is 5.75 Å². The molecule has 1 atom stereocenters. The lowest BCUT2D eigenvalue weighted by atomic mass is 9.97. The molecule has 1 fully saturated rings. The van der Waals surface area contributed by atoms with E-state index in [0.717, 1.165) is 47.4 Å². The van der Waals surface area contributed by atoms with Gasteiger partial charge in [-0.05, 0) is 48.7 Å². The van der Waals surface area contributed by atoms with Crippen LogP contribution in [0.1, 0.15) is 46.3 Å². The number of oxazole rings is 1. The summed E-state index contributed by atoms with van der Waals surface area (Å²) in [6, 6.07) is 13.4. The van der Waals surface area contributed by atoms with Crippen LogP contribution in [0.2, 0.25) is 5.02 Å². The molecule has 1 unspecified atom stereocenters. The molecule has 0 spiro atoms. The largest absolute Gasteiger partial charge is 0.497 e. The first kappa shape index (κ1) is 20.6. The van der Waals surface area contributed by atoms with Crippen LogP contribution in [0.3, 0.4) is 0 Å². The topological polar surface area (TPSA) is 71.4 Å². The second-order valence-electron chi connectivity index (χ2n) is 8.18. The zero-order valence-corrected chi connectivity index (χ0v) is 18.6. The van der Waals surface area contributed by atoms with Gasteiger partial charge in [0.15, 0.2) is 5.89 Å². The molecule has 0 saturated carbocycles. The monoisotopic (exact) mass is 449 g/mol. The summed E-state index contributed by atoms with van der Waals surface area (Å²) in [5.41, 5.74) is 2.66. The van der Waals surface area contributed by atoms with Crippen molar-refractivity contribution in [2.24, 2.45) is 0 Å². The molecule has 7 heteroatoms. The summed E-state index contributed by atoms with van der Waals surface area (Å²) in [7, 11) is 1.63. The number of methoxy groups -OCH3 is 1. The van der Waals surface area contributed by atoms with Crippen LogP contribution in [0.4, 0.5) is 0 Å². The number of fused-ring (bicyclic) bond motifs is 1. The smallest absolute Gasteiger partial charge is 0.256 e. The lowest BCUT2D eigenvalue weighted by molar-refractivity contribution is 0.0700. The molecule has 1 aliphatic rings. The first-order chi connectivity index (χ1) is 15.6. The number of aromatic nitrogens is 2. The van der Waals surface area contributed by atoms with Crippen LogP contribution in [0.25, 0.3) is 10.9 Å². The molecule has 0 aliphatic carbocycles. The van der Waals surface area contributed by atoms with Crippen LogP contribution in [-0.2, 0) is 6.42 Å². The maximum Gasteiger partial charge on any atom is 0.256 e. The van der Waals surface area contributed by atoms with Gasteiger partial charge in [-0.15, -0.1) is 0 Å². The number of amides is 1. The number of rotatable bonds is 5. The summed E-state index contributed by atoms with van der Waals surface area (Å²) in [5, 5.41) is 1.58. The van der Waals surface area contributed by atoms with Crippen LogP contribution in [0.15, 0.2) is 59.3 Å². The van der Waals surface area contributed by atoms with Crippen LogP contribution >= 0.6 is 11.6 Å². The molecule has 2 aromatic carbocycles. The van der Waals surface area contributed by atoms with E-state index in [2.05, 4.69) is 9.97 Å². The van der Waals surface area contributed by atoms with Crippen molar-refractivity contribution in [3.8, 4) is 5.75 Å². The van der Waals surface area contributed by atoms with Crippen molar-refractivity contribution < 1.29 is 13.9 Å². The summed E-state index contributed by atoms with van der Waals surface area (Å²) in [5.74, 6) is 2.32. The lowest BCUT2D eigenvalue weighted by Gasteiger charge is -2.31. The molecular weight excluding hydrogens is 426 g/mol. The Labute approximate surface area is 191 Å². The van der Waals surface area contributed by atoms with Gasteiger partial charge >= 0.3 is 0 Å². The Morgan fingerprint density at radius 2 is 2.22 bits per heavy atom. The highest BCUT2D eigenvalue weighted by Crippen LogP contribution is 2.30. The Bertz CT molecular complexity index is 1260. The number of hydrogen-bond acceptors (Lipinski definition) is 4. The molecule has 0 bridgehead atoms. The van der Waals surface area contributed by atoms with Gasteiger partial charge in [0.25, 0.3) is 5.91 Å². The first-order valence-corrected chi connectivity index (χ1v) is 11.1. The van der Waals surface area contributed by atoms with Gasteiger partial charge in [0.05, 0.1) is 24.8 Å². The van der Waals surface area contributed by atoms with E-state index in [4.69, 9.17) is 20.8 Å². The Hall–Kier alpha value is -3.25. The van der Waals surface area contributed by atoms with Gasteiger partial charge in [-0.1, -0.05) is 23.7 Å². The third-order valence-corrected chi connectivity index (χ3v) is 6.25. The van der Waals surface area contributed by atoms with E-state index in [-0.39, 0.29) is 11.8 Å². The SMILES string of the molecule is COc1ccc2[nH]cc(C(=O)N3CCCC(c4ncc(Cc5cccc(Cl)c5)o4)C3)c2c1. The molecule has 5 rings (SSSR count). The van der Waals surface area contributed by atoms with Crippen molar-refractivity contribution in [2.45, 2.75) is 25.2 Å². The number of nitrogens with zero attached hydrogens (tertiary/aromatic N) is 2. The molecule has 4 aromatic rings. The zero-order chi connectivity index (χ0) is 22.1. The van der Waals surface area contributed by atoms with Gasteiger partial charge in [0.2, 0.25) is 0 Å². The number of hydrogen-bond donors (Lipinski definition) is 1. The highest BCUT2D eigenvalue weighted by molar-refractivity contribution is 6.30. The summed E-state index contributed by atoms with van der Waals surface area (Å²) in [6.45, 7) is 1.31. The van der Waals surface area contributed by atoms with E-state index >= 15 is 0 Å². The van der Waals surface area contributed by atoms with E-state index in [1.54, 1.807) is 19.5 Å². The van der Waals surface area contributed by atoms with Crippen LogP contribution in [-0.4, -0.2) is 41.0 Å². The van der Waals surface area contributed by atoms with E-state index in [1.165, 1.54) is 0 Å². The molecule has 164 valence electrons. The molecule has 32 heavy (non-hydrogen) atoms. The average molecular weight is 450 g/mol. The van der Waals surface area contributed by atoms with Crippen molar-refractivity contribution in [3.63, 3.8) is 0 Å². The molecule has 1 saturated heterocycles. The molecular formula is C25H24ClN3O3. The molecule has 0 radical (unpaired) electrons. The first-order valence-electron chi connectivity index (χ1n) is 10.7. The Balaban J connectivity index is 1.32. The van der Waals surface area contributed by atoms with Crippen LogP contribution in [0, 0.1) is 0 Å². The highest BCUT2D eigenvalue weighted by atomic mass is 35.5. The number of aromatic amines is 1. The number of carbonyl (C=O) groups is 1. The number of ether oxygens (including phenoxy) is 1. The van der Waals surface area contributed by atoms with Crippen molar-refractivity contribution in [1.29, 1.82) is 0 Å². The molecule has 6 nitrogen and oxygen atoms in total. The van der Waals surface area contributed by atoms with E-state index in [1.807, 2.05) is 47.4 Å². The zero-order valence-electron chi connectivity index (χ0n) is 17.8. The van der Waals surface area contributed by atoms with Crippen molar-refractivity contribution in [1.82, 2.24) is 14.9 Å². The Kier molecular flexibility index (Phi) is 5.62. The summed E-state index contributed by atoms with van der Waals surface area (Å²) >= 11 is 6.09. The standard InChI is InChI=1S/C25H24ClN3O3/c1-31-19-7-8-23-21(12-19)22(14-27-23)25(30)29-9-3-5-17(15-29)24-28-13-20(32-24)11-16-4-2-6-18(26)10-16/h2,4,6-8,10,12-14,17,27H,3,5,9,11,15H2,1H3. The van der Waals surface area contributed by atoms with Gasteiger partial charge in [0, 0.05) is 41.6 Å². The average Bonchev–Trinajstić information content (AvgIpc) is 3.45. The predicted octanol–water partition coefficient (Wildman–Crippen LogP) is 5.43. The Morgan fingerprint density at radius 3 is 3.06 bits per heavy atom. The van der Waals surface area contributed by atoms with Gasteiger partial charge in [-0.2, -0.15) is 0 Å². The number of H-pyrrole nitrogens is 1. The van der Waals surface area contributed by atoms with Gasteiger partial charge < -0.3 is 19.0 Å². The van der Waals surface area contributed by atoms with E-state index in [0.29, 0.717) is 29.4 Å². The maximum atomic E-state index is 13.3. The Morgan fingerprint density at radius 1 is 1.31 bits per heavy atom. The lowest BCUT2D eigenvalue weighted by Crippen LogP contribution is -2.39. The quantitative estimate of drug-likeness (QED) is 0.441. The minimum absolute atomic E-state index is 0.0138. The summed E-state index contributed by atoms with van der Waals surface area (Å²) in [6.07, 6.45) is 6.06. The molecule has 1 aliphatic heterocycles. The van der Waals surface area contributed by atoms with Crippen molar-refractivity contribution in [3.05, 3.63) is 82.7 Å². The number of carbonyl (C=O) groups excluding carboxylic acids is 1. The summed E-state index contributed by atoms with van der Waals surface area (Å²) < 4.78 is 11.4. The number of likely N-dealkylation sites (tertiary alicyclic amines) is 1. The number of piperidine rings is 1. The molecule has 1 amide bonds. The molecule has 3 heterocycles. The minimum Gasteiger partial charge on any atom is -0.497 e. The number of benzene rings is 2. The normalized spacial score (nSPS) is 16.4. The fourth-order valence-electron chi connectivity index (χ4n) is 4.38. The fraction of sp³-hybridized carbons (Fsp3) is 0.280.